The van der Waals surface area contributed by atoms with Crippen molar-refractivity contribution in [3.05, 3.63) is 48.0 Å². The van der Waals surface area contributed by atoms with Crippen LogP contribution in [0.3, 0.4) is 0 Å². The zero-order chi connectivity index (χ0) is 16.2. The Bertz CT molecular complexity index is 721. The number of amides is 2. The van der Waals surface area contributed by atoms with Gasteiger partial charge in [0.15, 0.2) is 0 Å². The van der Waals surface area contributed by atoms with E-state index in [0.29, 0.717) is 25.9 Å². The van der Waals surface area contributed by atoms with E-state index in [9.17, 15) is 9.59 Å². The van der Waals surface area contributed by atoms with Gasteiger partial charge in [-0.25, -0.2) is 0 Å². The van der Waals surface area contributed by atoms with Gasteiger partial charge in [0.2, 0.25) is 11.8 Å². The second kappa shape index (κ2) is 6.82. The molecule has 1 saturated heterocycles. The fraction of sp³-hybridized carbons (Fsp3) is 0.368. The van der Waals surface area contributed by atoms with Crippen LogP contribution >= 0.6 is 0 Å². The van der Waals surface area contributed by atoms with Crippen molar-refractivity contribution in [3.8, 4) is 0 Å². The number of carbonyl (C=O) groups excluding carboxylic acids is 2. The summed E-state index contributed by atoms with van der Waals surface area (Å²) in [5, 5.41) is 5.33. The number of likely N-dealkylation sites (tertiary alicyclic amines) is 1. The van der Waals surface area contributed by atoms with Crippen molar-refractivity contribution in [2.75, 3.05) is 6.54 Å². The van der Waals surface area contributed by atoms with Gasteiger partial charge >= 0.3 is 0 Å². The number of fused-ring (bicyclic) bond motifs is 1. The molecule has 1 aliphatic heterocycles. The molecule has 0 spiro atoms. The van der Waals surface area contributed by atoms with Gasteiger partial charge in [0.05, 0.1) is 6.04 Å². The van der Waals surface area contributed by atoms with Gasteiger partial charge in [0.1, 0.15) is 0 Å². The highest BCUT2D eigenvalue weighted by Crippen LogP contribution is 2.22. The molecule has 2 aromatic carbocycles. The first-order valence-electron chi connectivity index (χ1n) is 8.21. The number of carbonyl (C=O) groups is 2. The Labute approximate surface area is 136 Å². The van der Waals surface area contributed by atoms with E-state index in [-0.39, 0.29) is 17.9 Å². The van der Waals surface area contributed by atoms with Crippen molar-refractivity contribution < 1.29 is 9.59 Å². The van der Waals surface area contributed by atoms with Crippen LogP contribution in [0.5, 0.6) is 0 Å². The molecular formula is C19H22N2O2. The molecule has 3 rings (SSSR count). The predicted octanol–water partition coefficient (Wildman–Crippen LogP) is 2.86. The molecule has 4 heteroatoms. The predicted molar refractivity (Wildman–Crippen MR) is 90.8 cm³/mol. The fourth-order valence-electron chi connectivity index (χ4n) is 3.18. The highest BCUT2D eigenvalue weighted by atomic mass is 16.2. The lowest BCUT2D eigenvalue weighted by Crippen LogP contribution is -2.36. The van der Waals surface area contributed by atoms with E-state index in [1.807, 2.05) is 30.0 Å². The van der Waals surface area contributed by atoms with Gasteiger partial charge in [-0.2, -0.15) is 0 Å². The van der Waals surface area contributed by atoms with Crippen molar-refractivity contribution >= 4 is 22.6 Å². The summed E-state index contributed by atoms with van der Waals surface area (Å²) >= 11 is 0. The lowest BCUT2D eigenvalue weighted by molar-refractivity contribution is -0.128. The summed E-state index contributed by atoms with van der Waals surface area (Å²) in [5.74, 6) is 0.150. The van der Waals surface area contributed by atoms with E-state index in [0.717, 1.165) is 12.0 Å². The van der Waals surface area contributed by atoms with E-state index in [4.69, 9.17) is 0 Å². The minimum atomic E-state index is -0.0588. The third kappa shape index (κ3) is 3.52. The number of hydrogen-bond acceptors (Lipinski definition) is 2. The van der Waals surface area contributed by atoms with Crippen LogP contribution in [-0.4, -0.2) is 29.3 Å². The van der Waals surface area contributed by atoms with Crippen LogP contribution in [0.15, 0.2) is 42.5 Å². The molecule has 0 saturated carbocycles. The van der Waals surface area contributed by atoms with Crippen molar-refractivity contribution in [2.45, 2.75) is 38.8 Å². The first-order chi connectivity index (χ1) is 11.2. The van der Waals surface area contributed by atoms with Gasteiger partial charge in [0.25, 0.3) is 0 Å². The van der Waals surface area contributed by atoms with Crippen LogP contribution in [0.1, 0.15) is 31.7 Å². The Balaban J connectivity index is 1.70. The summed E-state index contributed by atoms with van der Waals surface area (Å²) < 4.78 is 0. The molecule has 1 fully saturated rings. The fourth-order valence-corrected chi connectivity index (χ4v) is 3.18. The third-order valence-corrected chi connectivity index (χ3v) is 4.30. The summed E-state index contributed by atoms with van der Waals surface area (Å²) in [6.45, 7) is 3.17. The number of hydrogen-bond donors (Lipinski definition) is 1. The van der Waals surface area contributed by atoms with Crippen molar-refractivity contribution in [3.63, 3.8) is 0 Å². The molecular weight excluding hydrogens is 288 g/mol. The van der Waals surface area contributed by atoms with Gasteiger partial charge in [-0.3, -0.25) is 9.59 Å². The lowest BCUT2D eigenvalue weighted by atomic mass is 10.0. The number of nitrogens with one attached hydrogen (secondary N) is 1. The van der Waals surface area contributed by atoms with Gasteiger partial charge in [-0.15, -0.1) is 0 Å². The minimum absolute atomic E-state index is 0.0392. The van der Waals surface area contributed by atoms with Crippen LogP contribution < -0.4 is 5.32 Å². The maximum atomic E-state index is 12.2. The minimum Gasteiger partial charge on any atom is -0.351 e. The monoisotopic (exact) mass is 310 g/mol. The average Bonchev–Trinajstić information content (AvgIpc) is 2.87. The molecule has 0 unspecified atom stereocenters. The number of benzene rings is 2. The van der Waals surface area contributed by atoms with E-state index in [1.165, 1.54) is 10.8 Å². The van der Waals surface area contributed by atoms with E-state index in [1.54, 1.807) is 0 Å². The molecule has 4 nitrogen and oxygen atoms in total. The average molecular weight is 310 g/mol. The van der Waals surface area contributed by atoms with Crippen LogP contribution in [0.2, 0.25) is 0 Å². The van der Waals surface area contributed by atoms with E-state index in [2.05, 4.69) is 29.6 Å². The van der Waals surface area contributed by atoms with Gasteiger partial charge in [-0.05, 0) is 22.8 Å². The van der Waals surface area contributed by atoms with Gasteiger partial charge in [-0.1, -0.05) is 49.4 Å². The molecule has 0 aromatic heterocycles. The topological polar surface area (TPSA) is 49.4 Å². The van der Waals surface area contributed by atoms with E-state index < -0.39 is 0 Å². The largest absolute Gasteiger partial charge is 0.351 e. The smallest absolute Gasteiger partial charge is 0.225 e. The Hall–Kier alpha value is -2.36. The van der Waals surface area contributed by atoms with Crippen molar-refractivity contribution in [1.29, 1.82) is 0 Å². The highest BCUT2D eigenvalue weighted by Gasteiger charge is 2.30. The van der Waals surface area contributed by atoms with Gasteiger partial charge < -0.3 is 10.2 Å². The summed E-state index contributed by atoms with van der Waals surface area (Å²) in [5.41, 5.74) is 1.15. The second-order valence-electron chi connectivity index (χ2n) is 6.13. The molecule has 1 N–H and O–H groups in total. The molecule has 23 heavy (non-hydrogen) atoms. The normalized spacial score (nSPS) is 17.7. The third-order valence-electron chi connectivity index (χ3n) is 4.30. The SMILES string of the molecule is CCCC(=O)N[C@H]1CC(=O)N(Cc2cccc3ccccc23)C1. The Morgan fingerprint density at radius 3 is 2.83 bits per heavy atom. The quantitative estimate of drug-likeness (QED) is 0.923. The molecule has 2 amide bonds. The Kier molecular flexibility index (Phi) is 4.60. The molecule has 0 aliphatic carbocycles. The van der Waals surface area contributed by atoms with E-state index >= 15 is 0 Å². The summed E-state index contributed by atoms with van der Waals surface area (Å²) in [4.78, 5) is 25.8. The second-order valence-corrected chi connectivity index (χ2v) is 6.13. The van der Waals surface area contributed by atoms with Crippen LogP contribution in [0.25, 0.3) is 10.8 Å². The van der Waals surface area contributed by atoms with Crippen LogP contribution in [0, 0.1) is 0 Å². The molecule has 1 atom stereocenters. The van der Waals surface area contributed by atoms with Crippen LogP contribution in [0.4, 0.5) is 0 Å². The van der Waals surface area contributed by atoms with Gasteiger partial charge in [0, 0.05) is 25.9 Å². The Morgan fingerprint density at radius 1 is 1.22 bits per heavy atom. The van der Waals surface area contributed by atoms with Crippen molar-refractivity contribution in [2.24, 2.45) is 0 Å². The molecule has 0 bridgehead atoms. The summed E-state index contributed by atoms with van der Waals surface area (Å²) in [7, 11) is 0. The number of rotatable bonds is 5. The Morgan fingerprint density at radius 2 is 2.00 bits per heavy atom. The zero-order valence-corrected chi connectivity index (χ0v) is 13.4. The first kappa shape index (κ1) is 15.5. The summed E-state index contributed by atoms with van der Waals surface area (Å²) in [6, 6.07) is 14.3. The molecule has 120 valence electrons. The molecule has 1 heterocycles. The zero-order valence-electron chi connectivity index (χ0n) is 13.4. The highest BCUT2D eigenvalue weighted by molar-refractivity contribution is 5.87. The molecule has 0 radical (unpaired) electrons. The molecule has 2 aromatic rings. The lowest BCUT2D eigenvalue weighted by Gasteiger charge is -2.18. The number of nitrogens with zero attached hydrogens (tertiary/aromatic N) is 1. The molecule has 1 aliphatic rings. The maximum absolute atomic E-state index is 12.2. The maximum Gasteiger partial charge on any atom is 0.225 e. The van der Waals surface area contributed by atoms with Crippen molar-refractivity contribution in [1.82, 2.24) is 10.2 Å². The summed E-state index contributed by atoms with van der Waals surface area (Å²) in [6.07, 6.45) is 1.75. The van der Waals surface area contributed by atoms with Crippen LogP contribution in [-0.2, 0) is 16.1 Å². The first-order valence-corrected chi connectivity index (χ1v) is 8.21. The standard InChI is InChI=1S/C19H22N2O2/c1-2-6-18(22)20-16-11-19(23)21(13-16)12-15-9-5-8-14-7-3-4-10-17(14)15/h3-5,7-10,16H,2,6,11-13H2,1H3,(H,20,22)/t16-/m0/s1.